The SMILES string of the molecule is CCn1cc(CN2CCC(CCOC)(c3noc(-c4ccncc4)n3)CC2)c(C)n1. The molecule has 8 heteroatoms. The minimum atomic E-state index is -0.121. The molecule has 0 N–H and O–H groups in total. The lowest BCUT2D eigenvalue weighted by Crippen LogP contribution is -2.43. The Morgan fingerprint density at radius 3 is 2.63 bits per heavy atom. The van der Waals surface area contributed by atoms with Gasteiger partial charge in [-0.05, 0) is 58.3 Å². The van der Waals surface area contributed by atoms with E-state index in [4.69, 9.17) is 14.2 Å². The summed E-state index contributed by atoms with van der Waals surface area (Å²) in [5, 5.41) is 8.96. The van der Waals surface area contributed by atoms with Crippen LogP contribution in [0, 0.1) is 6.92 Å². The molecule has 0 aromatic carbocycles. The third kappa shape index (κ3) is 4.29. The van der Waals surface area contributed by atoms with Gasteiger partial charge in [-0.15, -0.1) is 0 Å². The van der Waals surface area contributed by atoms with Crippen molar-refractivity contribution in [2.45, 2.75) is 51.6 Å². The van der Waals surface area contributed by atoms with Crippen LogP contribution in [0.15, 0.2) is 35.2 Å². The van der Waals surface area contributed by atoms with E-state index in [1.165, 1.54) is 5.56 Å². The van der Waals surface area contributed by atoms with Crippen molar-refractivity contribution in [3.63, 3.8) is 0 Å². The molecule has 3 aromatic heterocycles. The number of pyridine rings is 1. The average molecular weight is 411 g/mol. The van der Waals surface area contributed by atoms with Gasteiger partial charge in [-0.2, -0.15) is 10.1 Å². The lowest BCUT2D eigenvalue weighted by Gasteiger charge is -2.39. The molecular formula is C22H30N6O2. The quantitative estimate of drug-likeness (QED) is 0.564. The van der Waals surface area contributed by atoms with Crippen LogP contribution in [-0.2, 0) is 23.2 Å². The van der Waals surface area contributed by atoms with E-state index < -0.39 is 0 Å². The third-order valence-corrected chi connectivity index (χ3v) is 6.19. The zero-order valence-corrected chi connectivity index (χ0v) is 18.0. The Kier molecular flexibility index (Phi) is 6.24. The van der Waals surface area contributed by atoms with Gasteiger partial charge in [0.15, 0.2) is 5.82 Å². The lowest BCUT2D eigenvalue weighted by molar-refractivity contribution is 0.103. The Bertz CT molecular complexity index is 944. The molecule has 0 saturated carbocycles. The average Bonchev–Trinajstić information content (AvgIpc) is 3.42. The number of nitrogens with zero attached hydrogens (tertiary/aromatic N) is 6. The molecule has 3 aromatic rings. The molecule has 0 unspecified atom stereocenters. The van der Waals surface area contributed by atoms with Crippen LogP contribution in [0.2, 0.25) is 0 Å². The minimum absolute atomic E-state index is 0.121. The zero-order valence-electron chi connectivity index (χ0n) is 18.0. The van der Waals surface area contributed by atoms with Crippen molar-refractivity contribution in [3.05, 3.63) is 47.8 Å². The summed E-state index contributed by atoms with van der Waals surface area (Å²) >= 11 is 0. The predicted octanol–water partition coefficient (Wildman–Crippen LogP) is 3.23. The first-order valence-electron chi connectivity index (χ1n) is 10.6. The molecule has 0 radical (unpaired) electrons. The number of methoxy groups -OCH3 is 1. The van der Waals surface area contributed by atoms with Gasteiger partial charge in [-0.25, -0.2) is 0 Å². The van der Waals surface area contributed by atoms with Crippen molar-refractivity contribution in [1.82, 2.24) is 29.8 Å². The highest BCUT2D eigenvalue weighted by atomic mass is 16.5. The number of piperidine rings is 1. The molecule has 1 saturated heterocycles. The summed E-state index contributed by atoms with van der Waals surface area (Å²) in [4.78, 5) is 11.3. The summed E-state index contributed by atoms with van der Waals surface area (Å²) in [5.74, 6) is 1.34. The molecule has 1 fully saturated rings. The molecule has 4 rings (SSSR count). The maximum atomic E-state index is 5.61. The monoisotopic (exact) mass is 410 g/mol. The Hall–Kier alpha value is -2.58. The molecule has 0 aliphatic carbocycles. The summed E-state index contributed by atoms with van der Waals surface area (Å²) < 4.78 is 13.0. The highest BCUT2D eigenvalue weighted by molar-refractivity contribution is 5.51. The summed E-state index contributed by atoms with van der Waals surface area (Å²) in [6.07, 6.45) is 8.49. The number of rotatable bonds is 8. The van der Waals surface area contributed by atoms with Crippen LogP contribution in [0.4, 0.5) is 0 Å². The second-order valence-electron chi connectivity index (χ2n) is 8.05. The molecule has 1 aliphatic heterocycles. The molecule has 0 atom stereocenters. The van der Waals surface area contributed by atoms with Gasteiger partial charge in [0.25, 0.3) is 5.89 Å². The fourth-order valence-corrected chi connectivity index (χ4v) is 4.19. The Morgan fingerprint density at radius 1 is 1.20 bits per heavy atom. The van der Waals surface area contributed by atoms with Crippen LogP contribution < -0.4 is 0 Å². The highest BCUT2D eigenvalue weighted by Crippen LogP contribution is 2.38. The standard InChI is InChI=1S/C22H30N6O2/c1-4-28-16-19(17(2)25-28)15-27-12-7-22(8-13-27,9-14-29-3)21-24-20(30-26-21)18-5-10-23-11-6-18/h5-6,10-11,16H,4,7-9,12-15H2,1-3H3. The van der Waals surface area contributed by atoms with Gasteiger partial charge in [0.05, 0.1) is 5.69 Å². The van der Waals surface area contributed by atoms with E-state index in [1.54, 1.807) is 19.5 Å². The van der Waals surface area contributed by atoms with Gasteiger partial charge in [0.1, 0.15) is 0 Å². The van der Waals surface area contributed by atoms with Crippen molar-refractivity contribution < 1.29 is 9.26 Å². The normalized spacial score (nSPS) is 16.8. The molecule has 0 amide bonds. The van der Waals surface area contributed by atoms with Crippen LogP contribution in [0.1, 0.15) is 43.3 Å². The van der Waals surface area contributed by atoms with Crippen molar-refractivity contribution in [2.75, 3.05) is 26.8 Å². The highest BCUT2D eigenvalue weighted by Gasteiger charge is 2.40. The summed E-state index contributed by atoms with van der Waals surface area (Å²) in [6, 6.07) is 3.78. The number of aromatic nitrogens is 5. The Morgan fingerprint density at radius 2 is 1.97 bits per heavy atom. The Labute approximate surface area is 177 Å². The second kappa shape index (κ2) is 9.06. The molecule has 0 bridgehead atoms. The first kappa shape index (κ1) is 20.7. The van der Waals surface area contributed by atoms with E-state index in [1.807, 2.05) is 16.8 Å². The number of likely N-dealkylation sites (tertiary alicyclic amines) is 1. The van der Waals surface area contributed by atoms with Crippen LogP contribution in [0.3, 0.4) is 0 Å². The second-order valence-corrected chi connectivity index (χ2v) is 8.05. The largest absolute Gasteiger partial charge is 0.385 e. The zero-order chi connectivity index (χ0) is 21.0. The first-order valence-corrected chi connectivity index (χ1v) is 10.6. The molecule has 0 spiro atoms. The molecule has 4 heterocycles. The summed E-state index contributed by atoms with van der Waals surface area (Å²) in [5.41, 5.74) is 3.20. The van der Waals surface area contributed by atoms with Crippen molar-refractivity contribution >= 4 is 0 Å². The minimum Gasteiger partial charge on any atom is -0.385 e. The first-order chi connectivity index (χ1) is 14.6. The Balaban J connectivity index is 1.49. The van der Waals surface area contributed by atoms with Gasteiger partial charge in [-0.1, -0.05) is 5.16 Å². The topological polar surface area (TPSA) is 82.1 Å². The number of hydrogen-bond acceptors (Lipinski definition) is 7. The van der Waals surface area contributed by atoms with Gasteiger partial charge in [-0.3, -0.25) is 14.6 Å². The number of ether oxygens (including phenoxy) is 1. The predicted molar refractivity (Wildman–Crippen MR) is 113 cm³/mol. The van der Waals surface area contributed by atoms with Crippen LogP contribution in [0.5, 0.6) is 0 Å². The summed E-state index contributed by atoms with van der Waals surface area (Å²) in [7, 11) is 1.75. The van der Waals surface area contributed by atoms with Gasteiger partial charge >= 0.3 is 0 Å². The molecule has 160 valence electrons. The van der Waals surface area contributed by atoms with Gasteiger partial charge in [0, 0.05) is 61.9 Å². The fourth-order valence-electron chi connectivity index (χ4n) is 4.19. The van der Waals surface area contributed by atoms with Crippen molar-refractivity contribution in [1.29, 1.82) is 0 Å². The maximum Gasteiger partial charge on any atom is 0.258 e. The van der Waals surface area contributed by atoms with E-state index in [-0.39, 0.29) is 5.41 Å². The van der Waals surface area contributed by atoms with Crippen molar-refractivity contribution in [3.8, 4) is 11.5 Å². The number of aryl methyl sites for hydroxylation is 2. The molecular weight excluding hydrogens is 380 g/mol. The number of hydrogen-bond donors (Lipinski definition) is 0. The van der Waals surface area contributed by atoms with E-state index in [9.17, 15) is 0 Å². The van der Waals surface area contributed by atoms with Crippen molar-refractivity contribution in [2.24, 2.45) is 0 Å². The van der Waals surface area contributed by atoms with E-state index in [0.29, 0.717) is 12.5 Å². The van der Waals surface area contributed by atoms with Gasteiger partial charge < -0.3 is 9.26 Å². The van der Waals surface area contributed by atoms with E-state index in [2.05, 4.69) is 40.2 Å². The molecule has 8 nitrogen and oxygen atoms in total. The summed E-state index contributed by atoms with van der Waals surface area (Å²) in [6.45, 7) is 8.70. The molecule has 30 heavy (non-hydrogen) atoms. The van der Waals surface area contributed by atoms with E-state index in [0.717, 1.165) is 62.5 Å². The van der Waals surface area contributed by atoms with Crippen LogP contribution in [0.25, 0.3) is 11.5 Å². The van der Waals surface area contributed by atoms with Crippen LogP contribution in [-0.4, -0.2) is 56.6 Å². The fraction of sp³-hybridized carbons (Fsp3) is 0.545. The lowest BCUT2D eigenvalue weighted by atomic mass is 9.75. The van der Waals surface area contributed by atoms with E-state index >= 15 is 0 Å². The van der Waals surface area contributed by atoms with Crippen LogP contribution >= 0.6 is 0 Å². The third-order valence-electron chi connectivity index (χ3n) is 6.19. The van der Waals surface area contributed by atoms with Gasteiger partial charge in [0.2, 0.25) is 0 Å². The molecule has 1 aliphatic rings. The smallest absolute Gasteiger partial charge is 0.258 e. The maximum absolute atomic E-state index is 5.61.